The topological polar surface area (TPSA) is 80.5 Å². The van der Waals surface area contributed by atoms with Gasteiger partial charge in [-0.3, -0.25) is 4.79 Å². The van der Waals surface area contributed by atoms with Gasteiger partial charge in [-0.05, 0) is 25.4 Å². The van der Waals surface area contributed by atoms with E-state index in [0.717, 1.165) is 0 Å². The highest BCUT2D eigenvalue weighted by Crippen LogP contribution is 2.35. The number of nitrogens with zero attached hydrogens (tertiary/aromatic N) is 2. The van der Waals surface area contributed by atoms with Crippen LogP contribution in [0.5, 0.6) is 5.75 Å². The zero-order chi connectivity index (χ0) is 13.0. The third-order valence-electron chi connectivity index (χ3n) is 1.93. The molecule has 96 valence electrons. The average molecular weight is 258 g/mol. The van der Waals surface area contributed by atoms with Crippen LogP contribution in [-0.4, -0.2) is 41.9 Å². The van der Waals surface area contributed by atoms with E-state index in [9.17, 15) is 4.79 Å². The van der Waals surface area contributed by atoms with Gasteiger partial charge in [-0.25, -0.2) is 0 Å². The Bertz CT molecular complexity index is 390. The van der Waals surface area contributed by atoms with Crippen molar-refractivity contribution in [2.24, 2.45) is 0 Å². The summed E-state index contributed by atoms with van der Waals surface area (Å²) in [6.07, 6.45) is 0.0128. The summed E-state index contributed by atoms with van der Waals surface area (Å²) in [5.74, 6) is 0.854. The predicted molar refractivity (Wildman–Crippen MR) is 69.5 cm³/mol. The second-order valence-corrected chi connectivity index (χ2v) is 4.81. The minimum atomic E-state index is -0.0209. The highest BCUT2D eigenvalue weighted by atomic mass is 32.1. The van der Waals surface area contributed by atoms with Gasteiger partial charge in [0, 0.05) is 14.1 Å². The van der Waals surface area contributed by atoms with E-state index in [0.29, 0.717) is 16.6 Å². The lowest BCUT2D eigenvalue weighted by atomic mass is 10.4. The molecule has 0 atom stereocenters. The second kappa shape index (κ2) is 5.72. The van der Waals surface area contributed by atoms with Gasteiger partial charge >= 0.3 is 0 Å². The first-order valence-electron chi connectivity index (χ1n) is 5.27. The maximum Gasteiger partial charge on any atom is 0.241 e. The molecule has 0 spiro atoms. The summed E-state index contributed by atoms with van der Waals surface area (Å²) in [6.45, 7) is 4.01. The van der Waals surface area contributed by atoms with E-state index >= 15 is 0 Å². The molecule has 1 amide bonds. The summed E-state index contributed by atoms with van der Waals surface area (Å²) in [5, 5.41) is 3.67. The Balaban J connectivity index is 2.68. The number of anilines is 2. The summed E-state index contributed by atoms with van der Waals surface area (Å²) >= 11 is 1.19. The summed E-state index contributed by atoms with van der Waals surface area (Å²) in [7, 11) is 3.41. The number of carbonyl (C=O) groups excluding carboxylic acids is 1. The summed E-state index contributed by atoms with van der Waals surface area (Å²) in [4.78, 5) is 12.9. The number of nitrogens with two attached hydrogens (primary N) is 1. The standard InChI is InChI=1S/C10H18N4O2S/c1-6(2)16-8-9(11)13-17-10(8)12-5-7(15)14(3)4/h6,12H,5H2,1-4H3,(H2,11,13). The molecular weight excluding hydrogens is 240 g/mol. The number of amides is 1. The van der Waals surface area contributed by atoms with Gasteiger partial charge in [0.25, 0.3) is 0 Å². The SMILES string of the molecule is CC(C)Oc1c(N)nsc1NCC(=O)N(C)C. The first-order chi connectivity index (χ1) is 7.91. The normalized spacial score (nSPS) is 10.4. The van der Waals surface area contributed by atoms with Crippen LogP contribution >= 0.6 is 11.5 Å². The number of ether oxygens (including phenoxy) is 1. The number of nitrogen functional groups attached to an aromatic ring is 1. The van der Waals surface area contributed by atoms with Crippen molar-refractivity contribution >= 4 is 28.3 Å². The lowest BCUT2D eigenvalue weighted by Crippen LogP contribution is -2.28. The predicted octanol–water partition coefficient (Wildman–Crippen LogP) is 1.01. The third kappa shape index (κ3) is 3.77. The van der Waals surface area contributed by atoms with Crippen molar-refractivity contribution in [2.75, 3.05) is 31.7 Å². The van der Waals surface area contributed by atoms with Crippen molar-refractivity contribution in [1.29, 1.82) is 0 Å². The van der Waals surface area contributed by atoms with Gasteiger partial charge in [0.2, 0.25) is 5.91 Å². The molecule has 17 heavy (non-hydrogen) atoms. The number of aromatic nitrogens is 1. The Morgan fingerprint density at radius 3 is 2.76 bits per heavy atom. The molecule has 1 aromatic heterocycles. The minimum Gasteiger partial charge on any atom is -0.484 e. The maximum absolute atomic E-state index is 11.4. The molecule has 1 heterocycles. The summed E-state index contributed by atoms with van der Waals surface area (Å²) < 4.78 is 9.54. The molecule has 0 aliphatic rings. The molecule has 3 N–H and O–H groups in total. The zero-order valence-electron chi connectivity index (χ0n) is 10.5. The Morgan fingerprint density at radius 1 is 1.59 bits per heavy atom. The Kier molecular flexibility index (Phi) is 4.56. The molecule has 0 aromatic carbocycles. The smallest absolute Gasteiger partial charge is 0.241 e. The van der Waals surface area contributed by atoms with E-state index in [-0.39, 0.29) is 18.6 Å². The molecule has 0 aliphatic carbocycles. The van der Waals surface area contributed by atoms with Crippen LogP contribution in [0.1, 0.15) is 13.8 Å². The van der Waals surface area contributed by atoms with Crippen LogP contribution < -0.4 is 15.8 Å². The molecule has 1 aromatic rings. The van der Waals surface area contributed by atoms with Gasteiger partial charge in [0.15, 0.2) is 16.6 Å². The van der Waals surface area contributed by atoms with Crippen LogP contribution in [-0.2, 0) is 4.79 Å². The Morgan fingerprint density at radius 2 is 2.24 bits per heavy atom. The Labute approximate surface area is 105 Å². The van der Waals surface area contributed by atoms with Crippen LogP contribution in [0.3, 0.4) is 0 Å². The van der Waals surface area contributed by atoms with Crippen molar-refractivity contribution in [1.82, 2.24) is 9.27 Å². The van der Waals surface area contributed by atoms with Crippen molar-refractivity contribution in [3.8, 4) is 5.75 Å². The van der Waals surface area contributed by atoms with E-state index in [2.05, 4.69) is 9.69 Å². The van der Waals surface area contributed by atoms with Crippen LogP contribution in [0.15, 0.2) is 0 Å². The number of hydrogen-bond acceptors (Lipinski definition) is 6. The fraction of sp³-hybridized carbons (Fsp3) is 0.600. The summed E-state index contributed by atoms with van der Waals surface area (Å²) in [6, 6.07) is 0. The second-order valence-electron chi connectivity index (χ2n) is 4.03. The average Bonchev–Trinajstić information content (AvgIpc) is 2.56. The van der Waals surface area contributed by atoms with Crippen molar-refractivity contribution < 1.29 is 9.53 Å². The maximum atomic E-state index is 11.4. The molecule has 0 aliphatic heterocycles. The number of hydrogen-bond donors (Lipinski definition) is 2. The molecule has 0 bridgehead atoms. The van der Waals surface area contributed by atoms with E-state index in [4.69, 9.17) is 10.5 Å². The lowest BCUT2D eigenvalue weighted by Gasteiger charge is -2.13. The lowest BCUT2D eigenvalue weighted by molar-refractivity contribution is -0.126. The van der Waals surface area contributed by atoms with Gasteiger partial charge in [-0.15, -0.1) is 0 Å². The molecule has 0 unspecified atom stereocenters. The van der Waals surface area contributed by atoms with E-state index in [1.165, 1.54) is 16.4 Å². The van der Waals surface area contributed by atoms with Crippen LogP contribution in [0, 0.1) is 0 Å². The van der Waals surface area contributed by atoms with Gasteiger partial charge in [-0.1, -0.05) is 0 Å². The van der Waals surface area contributed by atoms with Crippen molar-refractivity contribution in [2.45, 2.75) is 20.0 Å². The third-order valence-corrected chi connectivity index (χ3v) is 2.73. The zero-order valence-corrected chi connectivity index (χ0v) is 11.3. The number of carbonyl (C=O) groups is 1. The van der Waals surface area contributed by atoms with Gasteiger partial charge in [-0.2, -0.15) is 4.37 Å². The van der Waals surface area contributed by atoms with E-state index in [1.54, 1.807) is 14.1 Å². The minimum absolute atomic E-state index is 0.0128. The first-order valence-corrected chi connectivity index (χ1v) is 6.05. The van der Waals surface area contributed by atoms with Gasteiger partial charge < -0.3 is 20.7 Å². The highest BCUT2D eigenvalue weighted by Gasteiger charge is 2.15. The molecule has 1 rings (SSSR count). The molecule has 7 heteroatoms. The largest absolute Gasteiger partial charge is 0.484 e. The van der Waals surface area contributed by atoms with Crippen LogP contribution in [0.25, 0.3) is 0 Å². The monoisotopic (exact) mass is 258 g/mol. The quantitative estimate of drug-likeness (QED) is 0.824. The molecule has 0 fully saturated rings. The van der Waals surface area contributed by atoms with E-state index < -0.39 is 0 Å². The molecule has 0 saturated carbocycles. The van der Waals surface area contributed by atoms with Gasteiger partial charge in [0.05, 0.1) is 12.6 Å². The molecule has 0 saturated heterocycles. The molecular formula is C10H18N4O2S. The van der Waals surface area contributed by atoms with Crippen molar-refractivity contribution in [3.63, 3.8) is 0 Å². The van der Waals surface area contributed by atoms with Gasteiger partial charge in [0.1, 0.15) is 0 Å². The Hall–Kier alpha value is -1.50. The number of likely N-dealkylation sites (N-methyl/N-ethyl adjacent to an activating group) is 1. The molecule has 0 radical (unpaired) electrons. The molecule has 6 nitrogen and oxygen atoms in total. The van der Waals surface area contributed by atoms with Crippen molar-refractivity contribution in [3.05, 3.63) is 0 Å². The number of rotatable bonds is 5. The number of nitrogens with one attached hydrogen (secondary N) is 1. The summed E-state index contributed by atoms with van der Waals surface area (Å²) in [5.41, 5.74) is 5.69. The first kappa shape index (κ1) is 13.6. The van der Waals surface area contributed by atoms with Crippen LogP contribution in [0.2, 0.25) is 0 Å². The van der Waals surface area contributed by atoms with E-state index in [1.807, 2.05) is 13.8 Å². The fourth-order valence-corrected chi connectivity index (χ4v) is 1.72. The highest BCUT2D eigenvalue weighted by molar-refractivity contribution is 7.11. The van der Waals surface area contributed by atoms with Crippen LogP contribution in [0.4, 0.5) is 10.8 Å². The fourth-order valence-electron chi connectivity index (χ4n) is 1.07.